The van der Waals surface area contributed by atoms with Crippen LogP contribution < -0.4 is 19.5 Å². The lowest BCUT2D eigenvalue weighted by Crippen LogP contribution is -2.26. The van der Waals surface area contributed by atoms with Crippen molar-refractivity contribution in [1.82, 2.24) is 20.1 Å². The highest BCUT2D eigenvalue weighted by molar-refractivity contribution is 5.65. The van der Waals surface area contributed by atoms with Crippen LogP contribution in [0.4, 0.5) is 18.0 Å². The number of pyridine rings is 1. The van der Waals surface area contributed by atoms with Crippen molar-refractivity contribution < 1.29 is 37.3 Å². The van der Waals surface area contributed by atoms with Crippen LogP contribution in [-0.2, 0) is 0 Å². The largest absolute Gasteiger partial charge is 0.492 e. The second-order valence-electron chi connectivity index (χ2n) is 6.35. The van der Waals surface area contributed by atoms with Gasteiger partial charge in [0.25, 0.3) is 0 Å². The van der Waals surface area contributed by atoms with E-state index >= 15 is 0 Å². The van der Waals surface area contributed by atoms with Crippen LogP contribution in [0.5, 0.6) is 17.5 Å². The molecule has 0 radical (unpaired) electrons. The number of benzene rings is 1. The maximum Gasteiger partial charge on any atom is 0.422 e. The molecule has 0 spiro atoms. The average molecular weight is 452 g/mol. The summed E-state index contributed by atoms with van der Waals surface area (Å²) in [5.74, 6) is 0.662. The predicted octanol–water partition coefficient (Wildman–Crippen LogP) is 3.53. The van der Waals surface area contributed by atoms with Gasteiger partial charge < -0.3 is 24.6 Å². The molecule has 3 rings (SSSR count). The zero-order valence-electron chi connectivity index (χ0n) is 16.8. The first-order chi connectivity index (χ1) is 15.2. The maximum atomic E-state index is 12.6. The van der Waals surface area contributed by atoms with Gasteiger partial charge in [-0.1, -0.05) is 0 Å². The van der Waals surface area contributed by atoms with E-state index in [1.807, 2.05) is 0 Å². The number of hydrogen-bond acceptors (Lipinski definition) is 6. The van der Waals surface area contributed by atoms with Crippen LogP contribution in [0.1, 0.15) is 0 Å². The summed E-state index contributed by atoms with van der Waals surface area (Å²) >= 11 is 0. The van der Waals surface area contributed by atoms with Crippen molar-refractivity contribution in [3.63, 3.8) is 0 Å². The molecule has 0 fully saturated rings. The molecule has 0 aliphatic rings. The van der Waals surface area contributed by atoms with Crippen LogP contribution in [0.15, 0.2) is 48.7 Å². The molecule has 1 amide bonds. The summed E-state index contributed by atoms with van der Waals surface area (Å²) in [6, 6.07) is 11.3. The molecule has 0 atom stereocenters. The lowest BCUT2D eigenvalue weighted by Gasteiger charge is -2.09. The van der Waals surface area contributed by atoms with Crippen molar-refractivity contribution in [3.05, 3.63) is 48.7 Å². The molecule has 3 aromatic rings. The zero-order chi connectivity index (χ0) is 23.1. The number of alkyl halides is 3. The van der Waals surface area contributed by atoms with Gasteiger partial charge in [0.1, 0.15) is 12.4 Å². The lowest BCUT2D eigenvalue weighted by molar-refractivity contribution is -0.154. The van der Waals surface area contributed by atoms with Gasteiger partial charge in [0.2, 0.25) is 11.8 Å². The van der Waals surface area contributed by atoms with Crippen LogP contribution in [-0.4, -0.2) is 59.0 Å². The van der Waals surface area contributed by atoms with E-state index in [-0.39, 0.29) is 19.0 Å². The number of carboxylic acid groups (broad SMARTS) is 1. The minimum absolute atomic E-state index is 0.119. The number of carbonyl (C=O) groups is 1. The Kier molecular flexibility index (Phi) is 7.03. The molecule has 170 valence electrons. The van der Waals surface area contributed by atoms with Gasteiger partial charge in [0, 0.05) is 17.7 Å². The second-order valence-corrected chi connectivity index (χ2v) is 6.35. The van der Waals surface area contributed by atoms with E-state index in [2.05, 4.69) is 15.4 Å². The molecule has 12 heteroatoms. The molecule has 0 bridgehead atoms. The van der Waals surface area contributed by atoms with Gasteiger partial charge in [-0.25, -0.2) is 14.5 Å². The van der Waals surface area contributed by atoms with Crippen LogP contribution >= 0.6 is 0 Å². The topological polar surface area (TPSA) is 108 Å². The van der Waals surface area contributed by atoms with E-state index < -0.39 is 18.9 Å². The molecule has 1 aromatic carbocycles. The minimum Gasteiger partial charge on any atom is -0.492 e. The monoisotopic (exact) mass is 452 g/mol. The first-order valence-corrected chi connectivity index (χ1v) is 9.25. The number of hydrogen-bond donors (Lipinski definition) is 2. The molecule has 0 aliphatic heterocycles. The summed E-state index contributed by atoms with van der Waals surface area (Å²) in [4.78, 5) is 14.5. The molecular formula is C20H19F3N4O5. The lowest BCUT2D eigenvalue weighted by atomic mass is 10.1. The quantitative estimate of drug-likeness (QED) is 0.478. The SMILES string of the molecule is COc1ccc(-n2nc(OCC(F)(F)F)cc2-c2ccc(OCCNC(=O)O)cc2)cn1. The minimum atomic E-state index is -4.50. The number of aromatic nitrogens is 3. The fourth-order valence-electron chi connectivity index (χ4n) is 2.66. The zero-order valence-corrected chi connectivity index (χ0v) is 16.8. The summed E-state index contributed by atoms with van der Waals surface area (Å²) in [5.41, 5.74) is 1.59. The van der Waals surface area contributed by atoms with Crippen LogP contribution in [0, 0.1) is 0 Å². The Labute approximate surface area is 180 Å². The van der Waals surface area contributed by atoms with Gasteiger partial charge in [-0.05, 0) is 30.3 Å². The van der Waals surface area contributed by atoms with Crippen molar-refractivity contribution in [2.75, 3.05) is 26.9 Å². The van der Waals surface area contributed by atoms with Gasteiger partial charge in [0.05, 0.1) is 31.2 Å². The van der Waals surface area contributed by atoms with Crippen molar-refractivity contribution in [1.29, 1.82) is 0 Å². The van der Waals surface area contributed by atoms with E-state index in [1.165, 1.54) is 24.1 Å². The summed E-state index contributed by atoms with van der Waals surface area (Å²) in [5, 5.41) is 14.9. The molecule has 2 N–H and O–H groups in total. The van der Waals surface area contributed by atoms with E-state index in [9.17, 15) is 18.0 Å². The third-order valence-corrected chi connectivity index (χ3v) is 4.04. The van der Waals surface area contributed by atoms with E-state index in [0.717, 1.165) is 0 Å². The molecule has 0 saturated carbocycles. The number of nitrogens with one attached hydrogen (secondary N) is 1. The number of methoxy groups -OCH3 is 1. The highest BCUT2D eigenvalue weighted by Crippen LogP contribution is 2.29. The molecule has 9 nitrogen and oxygen atoms in total. The summed E-state index contributed by atoms with van der Waals surface area (Å²) < 4.78 is 54.4. The van der Waals surface area contributed by atoms with Crippen molar-refractivity contribution in [3.8, 4) is 34.5 Å². The Morgan fingerprint density at radius 2 is 1.88 bits per heavy atom. The first-order valence-electron chi connectivity index (χ1n) is 9.25. The van der Waals surface area contributed by atoms with Gasteiger partial charge in [-0.2, -0.15) is 13.2 Å². The number of amides is 1. The van der Waals surface area contributed by atoms with Crippen LogP contribution in [0.25, 0.3) is 16.9 Å². The normalized spacial score (nSPS) is 11.1. The fraction of sp³-hybridized carbons (Fsp3) is 0.250. The van der Waals surface area contributed by atoms with Crippen molar-refractivity contribution >= 4 is 6.09 Å². The molecule has 0 saturated heterocycles. The van der Waals surface area contributed by atoms with Gasteiger partial charge in [-0.15, -0.1) is 5.10 Å². The Hall–Kier alpha value is -3.96. The Morgan fingerprint density at radius 1 is 1.12 bits per heavy atom. The maximum absolute atomic E-state index is 12.6. The molecule has 0 unspecified atom stereocenters. The second kappa shape index (κ2) is 9.90. The van der Waals surface area contributed by atoms with Crippen molar-refractivity contribution in [2.45, 2.75) is 6.18 Å². The Morgan fingerprint density at radius 3 is 2.47 bits per heavy atom. The third kappa shape index (κ3) is 6.27. The average Bonchev–Trinajstić information content (AvgIpc) is 3.20. The highest BCUT2D eigenvalue weighted by atomic mass is 19.4. The van der Waals surface area contributed by atoms with Gasteiger partial charge in [0.15, 0.2) is 6.61 Å². The standard InChI is InChI=1S/C20H19F3N4O5/c1-30-17-7-4-14(11-25-17)27-16(10-18(26-27)32-12-20(21,22)23)13-2-5-15(6-3-13)31-9-8-24-19(28)29/h2-7,10-11,24H,8-9,12H2,1H3,(H,28,29). The number of ether oxygens (including phenoxy) is 3. The first kappa shape index (κ1) is 22.7. The van der Waals surface area contributed by atoms with Gasteiger partial charge >= 0.3 is 12.3 Å². The summed E-state index contributed by atoms with van der Waals surface area (Å²) in [6.45, 7) is -1.22. The molecule has 32 heavy (non-hydrogen) atoms. The Balaban J connectivity index is 1.84. The van der Waals surface area contributed by atoms with Crippen molar-refractivity contribution in [2.24, 2.45) is 0 Å². The van der Waals surface area contributed by atoms with E-state index in [4.69, 9.17) is 19.3 Å². The predicted molar refractivity (Wildman–Crippen MR) is 106 cm³/mol. The molecule has 2 heterocycles. The third-order valence-electron chi connectivity index (χ3n) is 4.04. The highest BCUT2D eigenvalue weighted by Gasteiger charge is 2.29. The fourth-order valence-corrected chi connectivity index (χ4v) is 2.66. The summed E-state index contributed by atoms with van der Waals surface area (Å²) in [7, 11) is 1.46. The number of rotatable bonds is 9. The Bertz CT molecular complexity index is 1040. The van der Waals surface area contributed by atoms with E-state index in [0.29, 0.717) is 28.6 Å². The number of halogens is 3. The smallest absolute Gasteiger partial charge is 0.422 e. The number of nitrogens with zero attached hydrogens (tertiary/aromatic N) is 3. The summed E-state index contributed by atoms with van der Waals surface area (Å²) in [6.07, 6.45) is -4.18. The molecule has 2 aromatic heterocycles. The van der Waals surface area contributed by atoms with Crippen LogP contribution in [0.3, 0.4) is 0 Å². The molecular weight excluding hydrogens is 433 g/mol. The molecule has 0 aliphatic carbocycles. The van der Waals surface area contributed by atoms with Gasteiger partial charge in [-0.3, -0.25) is 0 Å². The van der Waals surface area contributed by atoms with Crippen LogP contribution in [0.2, 0.25) is 0 Å². The van der Waals surface area contributed by atoms with E-state index in [1.54, 1.807) is 36.4 Å².